The first-order chi connectivity index (χ1) is 17.9. The van der Waals surface area contributed by atoms with Gasteiger partial charge in [0.1, 0.15) is 16.8 Å². The Morgan fingerprint density at radius 1 is 1.05 bits per heavy atom. The third kappa shape index (κ3) is 5.94. The average Bonchev–Trinajstić information content (AvgIpc) is 2.93. The molecule has 0 saturated carbocycles. The first-order valence-corrected chi connectivity index (χ1v) is 12.1. The summed E-state index contributed by atoms with van der Waals surface area (Å²) in [5.74, 6) is 0.327. The topological polar surface area (TPSA) is 118 Å². The molecular weight excluding hydrogens is 488 g/mol. The van der Waals surface area contributed by atoms with E-state index in [9.17, 15) is 20.2 Å². The highest BCUT2D eigenvalue weighted by atomic mass is 32.2. The molecule has 0 aliphatic carbocycles. The summed E-state index contributed by atoms with van der Waals surface area (Å²) in [6.07, 6.45) is 0. The van der Waals surface area contributed by atoms with Crippen molar-refractivity contribution in [3.05, 3.63) is 101 Å². The van der Waals surface area contributed by atoms with E-state index in [0.29, 0.717) is 33.3 Å². The summed E-state index contributed by atoms with van der Waals surface area (Å²) in [7, 11) is 1.59. The first kappa shape index (κ1) is 25.4. The molecule has 8 nitrogen and oxygen atoms in total. The number of nitrogens with one attached hydrogen (secondary N) is 1. The molecule has 9 heteroatoms. The highest BCUT2D eigenvalue weighted by Gasteiger charge is 2.22. The number of rotatable bonds is 8. The third-order valence-corrected chi connectivity index (χ3v) is 6.64. The second kappa shape index (κ2) is 11.4. The number of aromatic nitrogens is 1. The van der Waals surface area contributed by atoms with Crippen LogP contribution in [0.1, 0.15) is 12.5 Å². The Kier molecular flexibility index (Phi) is 7.81. The zero-order chi connectivity index (χ0) is 26.4. The lowest BCUT2D eigenvalue weighted by Crippen LogP contribution is -2.22. The van der Waals surface area contributed by atoms with Gasteiger partial charge in [-0.2, -0.15) is 5.26 Å². The molecular formula is C28H22N4O4S. The largest absolute Gasteiger partial charge is 0.497 e. The van der Waals surface area contributed by atoms with Gasteiger partial charge in [-0.15, -0.1) is 0 Å². The van der Waals surface area contributed by atoms with Crippen LogP contribution in [0.2, 0.25) is 0 Å². The Balaban J connectivity index is 1.70. The second-order valence-electron chi connectivity index (χ2n) is 8.00. The van der Waals surface area contributed by atoms with Gasteiger partial charge in [0.05, 0.1) is 28.5 Å². The fourth-order valence-corrected chi connectivity index (χ4v) is 4.56. The van der Waals surface area contributed by atoms with Crippen LogP contribution in [0.4, 0.5) is 11.4 Å². The van der Waals surface area contributed by atoms with Gasteiger partial charge in [-0.3, -0.25) is 14.9 Å². The fourth-order valence-electron chi connectivity index (χ4n) is 3.63. The van der Waals surface area contributed by atoms with E-state index in [1.165, 1.54) is 18.2 Å². The van der Waals surface area contributed by atoms with Crippen molar-refractivity contribution in [2.45, 2.75) is 17.2 Å². The van der Waals surface area contributed by atoms with Gasteiger partial charge in [0.2, 0.25) is 5.91 Å². The average molecular weight is 511 g/mol. The van der Waals surface area contributed by atoms with Crippen molar-refractivity contribution in [1.29, 1.82) is 5.26 Å². The number of carbonyl (C=O) groups is 1. The molecule has 0 saturated heterocycles. The fraction of sp³-hybridized carbons (Fsp3) is 0.107. The van der Waals surface area contributed by atoms with E-state index in [0.717, 1.165) is 22.9 Å². The minimum absolute atomic E-state index is 0.119. The van der Waals surface area contributed by atoms with Crippen molar-refractivity contribution in [3.8, 4) is 34.2 Å². The molecule has 184 valence electrons. The summed E-state index contributed by atoms with van der Waals surface area (Å²) in [6.45, 7) is 1.70. The van der Waals surface area contributed by atoms with Crippen molar-refractivity contribution in [2.24, 2.45) is 0 Å². The Morgan fingerprint density at radius 2 is 1.78 bits per heavy atom. The molecule has 4 aromatic rings. The molecule has 4 rings (SSSR count). The molecule has 1 N–H and O–H groups in total. The Bertz CT molecular complexity index is 1480. The summed E-state index contributed by atoms with van der Waals surface area (Å²) in [4.78, 5) is 28.2. The van der Waals surface area contributed by atoms with Gasteiger partial charge in [0, 0.05) is 28.9 Å². The number of pyridine rings is 1. The molecule has 0 radical (unpaired) electrons. The van der Waals surface area contributed by atoms with E-state index in [4.69, 9.17) is 9.72 Å². The minimum Gasteiger partial charge on any atom is -0.497 e. The third-order valence-electron chi connectivity index (χ3n) is 5.55. The van der Waals surface area contributed by atoms with Gasteiger partial charge in [-0.25, -0.2) is 4.98 Å². The molecule has 1 atom stereocenters. The lowest BCUT2D eigenvalue weighted by atomic mass is 9.99. The van der Waals surface area contributed by atoms with E-state index in [1.54, 1.807) is 20.1 Å². The van der Waals surface area contributed by atoms with Gasteiger partial charge in [0.25, 0.3) is 5.69 Å². The van der Waals surface area contributed by atoms with Gasteiger partial charge >= 0.3 is 0 Å². The number of anilines is 1. The molecule has 1 amide bonds. The summed E-state index contributed by atoms with van der Waals surface area (Å²) in [6, 6.07) is 26.8. The molecule has 37 heavy (non-hydrogen) atoms. The van der Waals surface area contributed by atoms with Gasteiger partial charge < -0.3 is 10.1 Å². The number of benzene rings is 3. The molecule has 1 heterocycles. The van der Waals surface area contributed by atoms with E-state index in [2.05, 4.69) is 11.4 Å². The summed E-state index contributed by atoms with van der Waals surface area (Å²) in [5, 5.41) is 23.6. The van der Waals surface area contributed by atoms with Crippen LogP contribution in [0, 0.1) is 21.4 Å². The smallest absolute Gasteiger partial charge is 0.271 e. The molecule has 1 aromatic heterocycles. The molecule has 0 fully saturated rings. The van der Waals surface area contributed by atoms with Crippen LogP contribution < -0.4 is 10.1 Å². The van der Waals surface area contributed by atoms with Crippen molar-refractivity contribution >= 4 is 29.0 Å². The van der Waals surface area contributed by atoms with E-state index < -0.39 is 10.2 Å². The van der Waals surface area contributed by atoms with Crippen LogP contribution >= 0.6 is 11.8 Å². The number of hydrogen-bond acceptors (Lipinski definition) is 7. The molecule has 1 unspecified atom stereocenters. The molecule has 0 bridgehead atoms. The number of methoxy groups -OCH3 is 1. The van der Waals surface area contributed by atoms with Crippen LogP contribution in [-0.2, 0) is 4.79 Å². The summed E-state index contributed by atoms with van der Waals surface area (Å²) in [5.41, 5.74) is 3.59. The summed E-state index contributed by atoms with van der Waals surface area (Å²) < 4.78 is 5.26. The van der Waals surface area contributed by atoms with Crippen molar-refractivity contribution in [3.63, 3.8) is 0 Å². The van der Waals surface area contributed by atoms with Gasteiger partial charge in [-0.1, -0.05) is 60.3 Å². The Hall–Kier alpha value is -4.68. The van der Waals surface area contributed by atoms with Crippen molar-refractivity contribution in [1.82, 2.24) is 4.98 Å². The normalized spacial score (nSPS) is 11.3. The van der Waals surface area contributed by atoms with Crippen LogP contribution in [0.25, 0.3) is 22.4 Å². The first-order valence-electron chi connectivity index (χ1n) is 11.3. The number of non-ortho nitro benzene ring substituents is 1. The number of nitriles is 1. The maximum atomic E-state index is 13.0. The number of hydrogen-bond donors (Lipinski definition) is 1. The second-order valence-corrected chi connectivity index (χ2v) is 9.33. The number of ether oxygens (including phenoxy) is 1. The van der Waals surface area contributed by atoms with Gasteiger partial charge in [-0.05, 0) is 36.8 Å². The lowest BCUT2D eigenvalue weighted by molar-refractivity contribution is -0.384. The Morgan fingerprint density at radius 3 is 2.43 bits per heavy atom. The zero-order valence-corrected chi connectivity index (χ0v) is 20.9. The maximum Gasteiger partial charge on any atom is 0.271 e. The SMILES string of the molecule is COc1ccc(-c2cc(-c3ccccc3)nc(SC(C)C(=O)Nc3cccc([N+](=O)[O-])c3)c2C#N)cc1. The van der Waals surface area contributed by atoms with Crippen molar-refractivity contribution < 1.29 is 14.5 Å². The van der Waals surface area contributed by atoms with Crippen LogP contribution in [0.15, 0.2) is 90.0 Å². The predicted molar refractivity (Wildman–Crippen MR) is 143 cm³/mol. The van der Waals surface area contributed by atoms with E-state index in [-0.39, 0.29) is 11.6 Å². The van der Waals surface area contributed by atoms with Crippen LogP contribution in [0.5, 0.6) is 5.75 Å². The highest BCUT2D eigenvalue weighted by molar-refractivity contribution is 8.00. The quantitative estimate of drug-likeness (QED) is 0.167. The maximum absolute atomic E-state index is 13.0. The molecule has 0 spiro atoms. The molecule has 0 aliphatic heterocycles. The van der Waals surface area contributed by atoms with E-state index in [1.807, 2.05) is 60.7 Å². The van der Waals surface area contributed by atoms with Crippen molar-refractivity contribution in [2.75, 3.05) is 12.4 Å². The van der Waals surface area contributed by atoms with Crippen LogP contribution in [-0.4, -0.2) is 28.2 Å². The number of amides is 1. The number of nitro benzene ring substituents is 1. The zero-order valence-electron chi connectivity index (χ0n) is 20.0. The lowest BCUT2D eigenvalue weighted by Gasteiger charge is -2.16. The highest BCUT2D eigenvalue weighted by Crippen LogP contribution is 2.36. The Labute approximate surface area is 218 Å². The number of nitro groups is 1. The van der Waals surface area contributed by atoms with Crippen LogP contribution in [0.3, 0.4) is 0 Å². The molecule has 0 aliphatic rings. The number of nitrogens with zero attached hydrogens (tertiary/aromatic N) is 3. The summed E-state index contributed by atoms with van der Waals surface area (Å²) >= 11 is 1.15. The predicted octanol–water partition coefficient (Wildman–Crippen LogP) is 6.32. The molecule has 3 aromatic carbocycles. The minimum atomic E-state index is -0.645. The number of carbonyl (C=O) groups excluding carboxylic acids is 1. The van der Waals surface area contributed by atoms with E-state index >= 15 is 0 Å². The standard InChI is InChI=1S/C28H22N4O4S/c1-18(27(33)30-21-9-6-10-22(15-21)32(34)35)37-28-25(17-29)24(19-11-13-23(36-2)14-12-19)16-26(31-28)20-7-4-3-5-8-20/h3-16,18H,1-2H3,(H,30,33). The monoisotopic (exact) mass is 510 g/mol. The number of thioether (sulfide) groups is 1. The van der Waals surface area contributed by atoms with Gasteiger partial charge in [0.15, 0.2) is 0 Å².